The summed E-state index contributed by atoms with van der Waals surface area (Å²) in [5.41, 5.74) is 0. The zero-order chi connectivity index (χ0) is 14.8. The van der Waals surface area contributed by atoms with Gasteiger partial charge in [0.25, 0.3) is 10.0 Å². The molecular weight excluding hydrogens is 348 g/mol. The van der Waals surface area contributed by atoms with E-state index < -0.39 is 10.0 Å². The van der Waals surface area contributed by atoms with Crippen LogP contribution in [0.4, 0.5) is 11.6 Å². The van der Waals surface area contributed by atoms with Crippen LogP contribution in [0.2, 0.25) is 0 Å². The summed E-state index contributed by atoms with van der Waals surface area (Å²) in [6.07, 6.45) is 1.53. The summed E-state index contributed by atoms with van der Waals surface area (Å²) in [6, 6.07) is 2.97. The molecule has 0 bridgehead atoms. The van der Waals surface area contributed by atoms with E-state index in [1.807, 2.05) is 6.92 Å². The Labute approximate surface area is 124 Å². The molecular formula is C11H13BrN4O3S. The predicted molar refractivity (Wildman–Crippen MR) is 78.1 cm³/mol. The largest absolute Gasteiger partial charge is 0.369 e. The highest BCUT2D eigenvalue weighted by molar-refractivity contribution is 9.10. The van der Waals surface area contributed by atoms with Crippen molar-refractivity contribution in [1.82, 2.24) is 10.1 Å². The fourth-order valence-electron chi connectivity index (χ4n) is 1.53. The van der Waals surface area contributed by atoms with E-state index in [1.54, 1.807) is 6.92 Å². The average Bonchev–Trinajstić information content (AvgIpc) is 2.76. The molecule has 9 heteroatoms. The van der Waals surface area contributed by atoms with Crippen LogP contribution in [0.3, 0.4) is 0 Å². The molecule has 2 heterocycles. The SMILES string of the molecule is CCNc1ncc(Br)cc1S(=O)(=O)Nc1cc(C)on1. The molecule has 0 aliphatic heterocycles. The summed E-state index contributed by atoms with van der Waals surface area (Å²) in [7, 11) is -3.80. The molecule has 2 aromatic heterocycles. The van der Waals surface area contributed by atoms with Crippen molar-refractivity contribution < 1.29 is 12.9 Å². The molecule has 0 aromatic carbocycles. The number of aryl methyl sites for hydroxylation is 1. The number of sulfonamides is 1. The van der Waals surface area contributed by atoms with Gasteiger partial charge in [-0.05, 0) is 35.8 Å². The molecule has 0 amide bonds. The van der Waals surface area contributed by atoms with Crippen LogP contribution in [0.1, 0.15) is 12.7 Å². The van der Waals surface area contributed by atoms with Gasteiger partial charge >= 0.3 is 0 Å². The summed E-state index contributed by atoms with van der Waals surface area (Å²) in [6.45, 7) is 4.09. The molecule has 2 aromatic rings. The first kappa shape index (κ1) is 14.8. The number of hydrogen-bond acceptors (Lipinski definition) is 6. The van der Waals surface area contributed by atoms with E-state index in [4.69, 9.17) is 4.52 Å². The van der Waals surface area contributed by atoms with E-state index in [2.05, 4.69) is 36.1 Å². The zero-order valence-corrected chi connectivity index (χ0v) is 13.2. The lowest BCUT2D eigenvalue weighted by molar-refractivity contribution is 0.400. The minimum Gasteiger partial charge on any atom is -0.369 e. The van der Waals surface area contributed by atoms with E-state index >= 15 is 0 Å². The van der Waals surface area contributed by atoms with Crippen LogP contribution >= 0.6 is 15.9 Å². The quantitative estimate of drug-likeness (QED) is 0.849. The highest BCUT2D eigenvalue weighted by Crippen LogP contribution is 2.25. The Hall–Kier alpha value is -1.61. The first-order chi connectivity index (χ1) is 9.42. The van der Waals surface area contributed by atoms with E-state index in [-0.39, 0.29) is 16.5 Å². The number of nitrogens with one attached hydrogen (secondary N) is 2. The number of hydrogen-bond donors (Lipinski definition) is 2. The van der Waals surface area contributed by atoms with Gasteiger partial charge in [0, 0.05) is 23.3 Å². The third-order valence-corrected chi connectivity index (χ3v) is 4.12. The molecule has 0 spiro atoms. The fourth-order valence-corrected chi connectivity index (χ4v) is 3.16. The van der Waals surface area contributed by atoms with Gasteiger partial charge in [-0.15, -0.1) is 0 Å². The van der Waals surface area contributed by atoms with Crippen LogP contribution in [-0.2, 0) is 10.0 Å². The Morgan fingerprint density at radius 3 is 2.75 bits per heavy atom. The van der Waals surface area contributed by atoms with Gasteiger partial charge in [0.05, 0.1) is 0 Å². The fraction of sp³-hybridized carbons (Fsp3) is 0.273. The average molecular weight is 361 g/mol. The molecule has 7 nitrogen and oxygen atoms in total. The van der Waals surface area contributed by atoms with Gasteiger partial charge in [-0.3, -0.25) is 4.72 Å². The molecule has 0 saturated carbocycles. The van der Waals surface area contributed by atoms with Crippen LogP contribution in [0.15, 0.2) is 32.2 Å². The van der Waals surface area contributed by atoms with Crippen LogP contribution < -0.4 is 10.0 Å². The first-order valence-electron chi connectivity index (χ1n) is 5.78. The molecule has 0 aliphatic carbocycles. The Morgan fingerprint density at radius 1 is 1.40 bits per heavy atom. The standard InChI is InChI=1S/C11H13BrN4O3S/c1-3-13-11-9(5-8(12)6-14-11)20(17,18)16-10-4-7(2)19-15-10/h4-6H,3H2,1-2H3,(H,13,14)(H,15,16). The van der Waals surface area contributed by atoms with Gasteiger partial charge in [0.1, 0.15) is 16.5 Å². The maximum absolute atomic E-state index is 12.4. The Bertz CT molecular complexity index is 714. The number of nitrogens with zero attached hydrogens (tertiary/aromatic N) is 2. The number of rotatable bonds is 5. The van der Waals surface area contributed by atoms with Crippen molar-refractivity contribution in [2.24, 2.45) is 0 Å². The van der Waals surface area contributed by atoms with E-state index in [1.165, 1.54) is 18.3 Å². The Morgan fingerprint density at radius 2 is 2.15 bits per heavy atom. The van der Waals surface area contributed by atoms with Crippen molar-refractivity contribution in [3.63, 3.8) is 0 Å². The second-order valence-electron chi connectivity index (χ2n) is 3.96. The summed E-state index contributed by atoms with van der Waals surface area (Å²) in [5.74, 6) is 0.926. The second kappa shape index (κ2) is 5.80. The highest BCUT2D eigenvalue weighted by atomic mass is 79.9. The molecule has 2 N–H and O–H groups in total. The third kappa shape index (κ3) is 3.28. The van der Waals surface area contributed by atoms with Gasteiger partial charge in [0.2, 0.25) is 0 Å². The maximum Gasteiger partial charge on any atom is 0.266 e. The minimum absolute atomic E-state index is 0.0365. The van der Waals surface area contributed by atoms with Gasteiger partial charge in [-0.1, -0.05) is 5.16 Å². The maximum atomic E-state index is 12.4. The normalized spacial score (nSPS) is 11.3. The molecule has 0 radical (unpaired) electrons. The minimum atomic E-state index is -3.80. The Balaban J connectivity index is 2.40. The van der Waals surface area contributed by atoms with Gasteiger partial charge in [-0.2, -0.15) is 0 Å². The summed E-state index contributed by atoms with van der Waals surface area (Å²) in [5, 5.41) is 6.51. The summed E-state index contributed by atoms with van der Waals surface area (Å²) in [4.78, 5) is 4.10. The van der Waals surface area contributed by atoms with Crippen molar-refractivity contribution >= 4 is 37.6 Å². The van der Waals surface area contributed by atoms with Crippen molar-refractivity contribution in [1.29, 1.82) is 0 Å². The Kier molecular flexibility index (Phi) is 4.29. The number of aromatic nitrogens is 2. The van der Waals surface area contributed by atoms with Crippen LogP contribution in [0.5, 0.6) is 0 Å². The summed E-state index contributed by atoms with van der Waals surface area (Å²) < 4.78 is 32.5. The molecule has 108 valence electrons. The number of pyridine rings is 1. The van der Waals surface area contributed by atoms with Gasteiger partial charge in [-0.25, -0.2) is 13.4 Å². The third-order valence-electron chi connectivity index (χ3n) is 2.32. The monoisotopic (exact) mass is 360 g/mol. The van der Waals surface area contributed by atoms with E-state index in [0.29, 0.717) is 16.8 Å². The van der Waals surface area contributed by atoms with Gasteiger partial charge in [0.15, 0.2) is 5.82 Å². The lowest BCUT2D eigenvalue weighted by atomic mass is 10.4. The molecule has 0 unspecified atom stereocenters. The predicted octanol–water partition coefficient (Wildman–Crippen LogP) is 2.37. The zero-order valence-electron chi connectivity index (χ0n) is 10.8. The lowest BCUT2D eigenvalue weighted by Crippen LogP contribution is -2.16. The molecule has 2 rings (SSSR count). The lowest BCUT2D eigenvalue weighted by Gasteiger charge is -2.11. The summed E-state index contributed by atoms with van der Waals surface area (Å²) >= 11 is 3.21. The second-order valence-corrected chi connectivity index (χ2v) is 6.53. The topological polar surface area (TPSA) is 97.1 Å². The number of anilines is 2. The van der Waals surface area contributed by atoms with Crippen molar-refractivity contribution in [2.45, 2.75) is 18.7 Å². The number of halogens is 1. The van der Waals surface area contributed by atoms with Crippen LogP contribution in [0.25, 0.3) is 0 Å². The van der Waals surface area contributed by atoms with Gasteiger partial charge < -0.3 is 9.84 Å². The molecule has 0 fully saturated rings. The van der Waals surface area contributed by atoms with E-state index in [9.17, 15) is 8.42 Å². The van der Waals surface area contributed by atoms with Crippen molar-refractivity contribution in [2.75, 3.05) is 16.6 Å². The molecule has 0 atom stereocenters. The molecule has 20 heavy (non-hydrogen) atoms. The van der Waals surface area contributed by atoms with Crippen molar-refractivity contribution in [3.05, 3.63) is 28.6 Å². The molecule has 0 aliphatic rings. The first-order valence-corrected chi connectivity index (χ1v) is 8.05. The van der Waals surface area contributed by atoms with Crippen LogP contribution in [0, 0.1) is 6.92 Å². The smallest absolute Gasteiger partial charge is 0.266 e. The van der Waals surface area contributed by atoms with Crippen molar-refractivity contribution in [3.8, 4) is 0 Å². The van der Waals surface area contributed by atoms with E-state index in [0.717, 1.165) is 0 Å². The van der Waals surface area contributed by atoms with Crippen LogP contribution in [-0.4, -0.2) is 25.1 Å². The molecule has 0 saturated heterocycles. The highest BCUT2D eigenvalue weighted by Gasteiger charge is 2.21.